The van der Waals surface area contributed by atoms with Crippen molar-refractivity contribution in [2.75, 3.05) is 24.6 Å². The van der Waals surface area contributed by atoms with Crippen molar-refractivity contribution in [1.82, 2.24) is 5.32 Å². The minimum absolute atomic E-state index is 0.0762. The maximum absolute atomic E-state index is 12.2. The van der Waals surface area contributed by atoms with Crippen LogP contribution in [0.3, 0.4) is 0 Å². The van der Waals surface area contributed by atoms with Gasteiger partial charge in [-0.15, -0.1) is 0 Å². The number of benzene rings is 2. The lowest BCUT2D eigenvalue weighted by molar-refractivity contribution is -0.142. The van der Waals surface area contributed by atoms with Crippen molar-refractivity contribution in [2.45, 2.75) is 19.3 Å². The molecule has 0 saturated carbocycles. The number of rotatable bonds is 8. The average molecular weight is 394 g/mol. The van der Waals surface area contributed by atoms with Gasteiger partial charge in [0, 0.05) is 24.2 Å². The summed E-state index contributed by atoms with van der Waals surface area (Å²) < 4.78 is 4.94. The van der Waals surface area contributed by atoms with E-state index in [-0.39, 0.29) is 30.6 Å². The summed E-state index contributed by atoms with van der Waals surface area (Å²) in [7, 11) is 0. The average Bonchev–Trinajstić information content (AvgIpc) is 3.17. The molecule has 7 heteroatoms. The molecule has 2 aromatic carbocycles. The van der Waals surface area contributed by atoms with Crippen molar-refractivity contribution in [1.29, 1.82) is 0 Å². The molecular formula is C22H22N2O5. The first-order valence-corrected chi connectivity index (χ1v) is 9.43. The highest BCUT2D eigenvalue weighted by Crippen LogP contribution is 2.21. The Kier molecular flexibility index (Phi) is 6.73. The van der Waals surface area contributed by atoms with Gasteiger partial charge in [0.15, 0.2) is 12.4 Å². The number of carbonyl (C=O) groups excluding carboxylic acids is 4. The van der Waals surface area contributed by atoms with Crippen LogP contribution in [0, 0.1) is 0 Å². The molecule has 7 nitrogen and oxygen atoms in total. The fraction of sp³-hybridized carbons (Fsp3) is 0.273. The zero-order valence-electron chi connectivity index (χ0n) is 15.9. The first kappa shape index (κ1) is 20.3. The molecular weight excluding hydrogens is 372 g/mol. The van der Waals surface area contributed by atoms with Crippen LogP contribution in [-0.4, -0.2) is 43.3 Å². The van der Waals surface area contributed by atoms with Crippen LogP contribution in [0.1, 0.15) is 28.8 Å². The van der Waals surface area contributed by atoms with Crippen molar-refractivity contribution in [3.63, 3.8) is 0 Å². The van der Waals surface area contributed by atoms with Crippen molar-refractivity contribution in [2.24, 2.45) is 0 Å². The van der Waals surface area contributed by atoms with Crippen LogP contribution in [0.5, 0.6) is 0 Å². The van der Waals surface area contributed by atoms with Gasteiger partial charge in [0.1, 0.15) is 6.54 Å². The Balaban J connectivity index is 1.41. The molecule has 0 aliphatic carbocycles. The van der Waals surface area contributed by atoms with Gasteiger partial charge in [0.25, 0.3) is 0 Å². The summed E-state index contributed by atoms with van der Waals surface area (Å²) in [5.41, 5.74) is 1.98. The number of esters is 1. The van der Waals surface area contributed by atoms with Crippen LogP contribution in [0.15, 0.2) is 54.6 Å². The number of hydrogen-bond donors (Lipinski definition) is 1. The SMILES string of the molecule is O=C(Cc1ccccc1)NCC(=O)OCC(=O)c1ccc(N2CCCC2=O)cc1. The molecule has 29 heavy (non-hydrogen) atoms. The molecule has 0 atom stereocenters. The van der Waals surface area contributed by atoms with E-state index in [1.54, 1.807) is 29.2 Å². The van der Waals surface area contributed by atoms with E-state index < -0.39 is 12.6 Å². The number of Topliss-reactive ketones (excluding diaryl/α,β-unsaturated/α-hetero) is 1. The molecule has 2 amide bonds. The van der Waals surface area contributed by atoms with Crippen molar-refractivity contribution in [3.8, 4) is 0 Å². The second kappa shape index (κ2) is 9.64. The molecule has 1 N–H and O–H groups in total. The molecule has 1 fully saturated rings. The third-order valence-corrected chi connectivity index (χ3v) is 4.58. The molecule has 0 radical (unpaired) electrons. The Hall–Kier alpha value is -3.48. The third-order valence-electron chi connectivity index (χ3n) is 4.58. The number of anilines is 1. The lowest BCUT2D eigenvalue weighted by Crippen LogP contribution is -2.32. The van der Waals surface area contributed by atoms with E-state index in [9.17, 15) is 19.2 Å². The molecule has 1 saturated heterocycles. The first-order chi connectivity index (χ1) is 14.0. The van der Waals surface area contributed by atoms with Crippen molar-refractivity contribution in [3.05, 3.63) is 65.7 Å². The van der Waals surface area contributed by atoms with Gasteiger partial charge in [0.2, 0.25) is 11.8 Å². The summed E-state index contributed by atoms with van der Waals surface area (Å²) in [4.78, 5) is 49.2. The highest BCUT2D eigenvalue weighted by Gasteiger charge is 2.21. The smallest absolute Gasteiger partial charge is 0.325 e. The van der Waals surface area contributed by atoms with Gasteiger partial charge in [-0.1, -0.05) is 30.3 Å². The lowest BCUT2D eigenvalue weighted by atomic mass is 10.1. The predicted molar refractivity (Wildman–Crippen MR) is 106 cm³/mol. The van der Waals surface area contributed by atoms with Gasteiger partial charge in [-0.05, 0) is 36.2 Å². The normalized spacial score (nSPS) is 13.2. The van der Waals surface area contributed by atoms with E-state index in [0.29, 0.717) is 18.5 Å². The van der Waals surface area contributed by atoms with Crippen LogP contribution in [-0.2, 0) is 25.5 Å². The lowest BCUT2D eigenvalue weighted by Gasteiger charge is -2.15. The van der Waals surface area contributed by atoms with Gasteiger partial charge in [-0.3, -0.25) is 19.2 Å². The Labute approximate surface area is 168 Å². The summed E-state index contributed by atoms with van der Waals surface area (Å²) >= 11 is 0. The third kappa shape index (κ3) is 5.75. The summed E-state index contributed by atoms with van der Waals surface area (Å²) in [6, 6.07) is 15.8. The van der Waals surface area contributed by atoms with Crippen LogP contribution < -0.4 is 10.2 Å². The fourth-order valence-corrected chi connectivity index (χ4v) is 3.04. The maximum atomic E-state index is 12.2. The zero-order valence-corrected chi connectivity index (χ0v) is 15.9. The molecule has 1 aliphatic rings. The van der Waals surface area contributed by atoms with E-state index >= 15 is 0 Å². The molecule has 1 heterocycles. The van der Waals surface area contributed by atoms with E-state index in [4.69, 9.17) is 4.74 Å². The molecule has 0 unspecified atom stereocenters. The number of ether oxygens (including phenoxy) is 1. The van der Waals surface area contributed by atoms with E-state index in [2.05, 4.69) is 5.32 Å². The topological polar surface area (TPSA) is 92.8 Å². The Morgan fingerprint density at radius 3 is 2.38 bits per heavy atom. The summed E-state index contributed by atoms with van der Waals surface area (Å²) in [5.74, 6) is -1.26. The summed E-state index contributed by atoms with van der Waals surface area (Å²) in [6.45, 7) is -0.0237. The number of hydrogen-bond acceptors (Lipinski definition) is 5. The standard InChI is InChI=1S/C22H22N2O5/c25-19(17-8-10-18(11-9-17)24-12-4-7-21(24)27)15-29-22(28)14-23-20(26)13-16-5-2-1-3-6-16/h1-3,5-6,8-11H,4,7,12-15H2,(H,23,26). The Bertz CT molecular complexity index is 893. The van der Waals surface area contributed by atoms with E-state index in [1.807, 2.05) is 30.3 Å². The molecule has 2 aromatic rings. The molecule has 3 rings (SSSR count). The fourth-order valence-electron chi connectivity index (χ4n) is 3.04. The predicted octanol–water partition coefficient (Wildman–Crippen LogP) is 1.90. The van der Waals surface area contributed by atoms with Crippen molar-refractivity contribution >= 4 is 29.3 Å². The Morgan fingerprint density at radius 2 is 1.72 bits per heavy atom. The maximum Gasteiger partial charge on any atom is 0.325 e. The highest BCUT2D eigenvalue weighted by atomic mass is 16.5. The van der Waals surface area contributed by atoms with E-state index in [0.717, 1.165) is 17.7 Å². The van der Waals surface area contributed by atoms with Gasteiger partial charge < -0.3 is 15.0 Å². The van der Waals surface area contributed by atoms with Gasteiger partial charge in [0.05, 0.1) is 6.42 Å². The molecule has 1 aliphatic heterocycles. The summed E-state index contributed by atoms with van der Waals surface area (Å²) in [5, 5.41) is 2.48. The minimum atomic E-state index is -0.681. The van der Waals surface area contributed by atoms with Crippen LogP contribution in [0.25, 0.3) is 0 Å². The zero-order chi connectivity index (χ0) is 20.6. The number of carbonyl (C=O) groups is 4. The molecule has 0 bridgehead atoms. The van der Waals surface area contributed by atoms with Crippen LogP contribution in [0.2, 0.25) is 0 Å². The van der Waals surface area contributed by atoms with Crippen molar-refractivity contribution < 1.29 is 23.9 Å². The molecule has 0 spiro atoms. The van der Waals surface area contributed by atoms with Gasteiger partial charge in [-0.2, -0.15) is 0 Å². The van der Waals surface area contributed by atoms with Gasteiger partial charge >= 0.3 is 5.97 Å². The molecule has 0 aromatic heterocycles. The number of nitrogens with one attached hydrogen (secondary N) is 1. The quantitative estimate of drug-likeness (QED) is 0.545. The second-order valence-electron chi connectivity index (χ2n) is 6.72. The number of nitrogens with zero attached hydrogens (tertiary/aromatic N) is 1. The first-order valence-electron chi connectivity index (χ1n) is 9.43. The number of ketones is 1. The number of amides is 2. The van der Waals surface area contributed by atoms with E-state index in [1.165, 1.54) is 0 Å². The molecule has 150 valence electrons. The van der Waals surface area contributed by atoms with Crippen LogP contribution in [0.4, 0.5) is 5.69 Å². The summed E-state index contributed by atoms with van der Waals surface area (Å²) in [6.07, 6.45) is 1.54. The second-order valence-corrected chi connectivity index (χ2v) is 6.72. The monoisotopic (exact) mass is 394 g/mol. The Morgan fingerprint density at radius 1 is 1.00 bits per heavy atom. The largest absolute Gasteiger partial charge is 0.456 e. The minimum Gasteiger partial charge on any atom is -0.456 e. The highest BCUT2D eigenvalue weighted by molar-refractivity contribution is 5.99. The van der Waals surface area contributed by atoms with Crippen LogP contribution >= 0.6 is 0 Å². The van der Waals surface area contributed by atoms with Gasteiger partial charge in [-0.25, -0.2) is 0 Å².